The summed E-state index contributed by atoms with van der Waals surface area (Å²) >= 11 is 0. The molecule has 0 radical (unpaired) electrons. The Labute approximate surface area is 270 Å². The lowest BCUT2D eigenvalue weighted by molar-refractivity contribution is -0.706. The average molecular weight is 711 g/mol. The maximum Gasteiger partial charge on any atom is 0.368 e. The van der Waals surface area contributed by atoms with Crippen LogP contribution in [0.25, 0.3) is 11.4 Å². The SMILES string of the molecule is CN1CCN(S(=O)(=O)c2c([O-])on[n+]2-c2ccc(S(=O)(=O)c3ccc(-[n+]4noc([O-])c4S(=O)(=O)N4CCN(C)CC4)cc3)cc2)CC1. The lowest BCUT2D eigenvalue weighted by atomic mass is 10.3. The molecule has 0 spiro atoms. The number of rotatable bonds is 8. The highest BCUT2D eigenvalue weighted by atomic mass is 32.2. The lowest BCUT2D eigenvalue weighted by Crippen LogP contribution is -2.50. The molecule has 2 aromatic heterocycles. The Balaban J connectivity index is 1.25. The number of benzene rings is 2. The molecule has 0 amide bonds. The Morgan fingerprint density at radius 1 is 0.574 bits per heavy atom. The van der Waals surface area contributed by atoms with Crippen LogP contribution in [0, 0.1) is 0 Å². The van der Waals surface area contributed by atoms with E-state index in [1.165, 1.54) is 57.1 Å². The zero-order valence-corrected chi connectivity index (χ0v) is 27.6. The number of sulfone groups is 1. The van der Waals surface area contributed by atoms with Crippen molar-refractivity contribution in [2.75, 3.05) is 66.5 Å². The molecule has 0 atom stereocenters. The molecule has 2 aromatic carbocycles. The van der Waals surface area contributed by atoms with E-state index in [9.17, 15) is 35.5 Å². The summed E-state index contributed by atoms with van der Waals surface area (Å²) in [5.74, 6) is -2.32. The summed E-state index contributed by atoms with van der Waals surface area (Å²) in [5.41, 5.74) is 0.144. The predicted octanol–water partition coefficient (Wildman–Crippen LogP) is -2.93. The van der Waals surface area contributed by atoms with Crippen LogP contribution in [-0.2, 0) is 29.9 Å². The molecule has 0 bridgehead atoms. The van der Waals surface area contributed by atoms with E-state index in [4.69, 9.17) is 0 Å². The minimum Gasteiger partial charge on any atom is -0.538 e. The zero-order valence-electron chi connectivity index (χ0n) is 25.2. The number of piperazine rings is 2. The third kappa shape index (κ3) is 5.98. The first kappa shape index (κ1) is 32.9. The molecule has 21 heteroatoms. The van der Waals surface area contributed by atoms with Crippen molar-refractivity contribution in [3.8, 4) is 23.3 Å². The molecule has 2 aliphatic heterocycles. The first-order chi connectivity index (χ1) is 22.2. The van der Waals surface area contributed by atoms with Gasteiger partial charge < -0.3 is 29.1 Å². The van der Waals surface area contributed by atoms with Gasteiger partial charge in [0.2, 0.25) is 21.2 Å². The van der Waals surface area contributed by atoms with E-state index in [0.29, 0.717) is 26.2 Å². The van der Waals surface area contributed by atoms with Gasteiger partial charge in [-0.15, -0.1) is 0 Å². The Hall–Kier alpha value is -3.99. The van der Waals surface area contributed by atoms with Crippen LogP contribution in [0.2, 0.25) is 0 Å². The van der Waals surface area contributed by atoms with E-state index < -0.39 is 51.8 Å². The van der Waals surface area contributed by atoms with E-state index in [1.807, 2.05) is 23.9 Å². The minimum absolute atomic E-state index is 0.0720. The summed E-state index contributed by atoms with van der Waals surface area (Å²) in [6, 6.07) is 9.99. The summed E-state index contributed by atoms with van der Waals surface area (Å²) in [6.45, 7) is 2.56. The van der Waals surface area contributed by atoms with Crippen LogP contribution in [0.4, 0.5) is 0 Å². The van der Waals surface area contributed by atoms with Crippen molar-refractivity contribution in [2.45, 2.75) is 19.8 Å². The topological polar surface area (TPSA) is 221 Å². The van der Waals surface area contributed by atoms with Crippen LogP contribution in [-0.4, -0.2) is 121 Å². The van der Waals surface area contributed by atoms with E-state index >= 15 is 0 Å². The van der Waals surface area contributed by atoms with Crippen LogP contribution >= 0.6 is 0 Å². The fourth-order valence-corrected chi connectivity index (χ4v) is 9.46. The quantitative estimate of drug-likeness (QED) is 0.167. The second-order valence-electron chi connectivity index (χ2n) is 11.1. The van der Waals surface area contributed by atoms with E-state index in [2.05, 4.69) is 19.6 Å². The Kier molecular flexibility index (Phi) is 8.57. The molecule has 0 unspecified atom stereocenters. The maximum atomic E-state index is 13.5. The second kappa shape index (κ2) is 12.2. The largest absolute Gasteiger partial charge is 0.538 e. The molecule has 18 nitrogen and oxygen atoms in total. The van der Waals surface area contributed by atoms with Crippen LogP contribution in [0.5, 0.6) is 11.9 Å². The summed E-state index contributed by atoms with van der Waals surface area (Å²) in [6.07, 6.45) is 0. The molecule has 0 aliphatic carbocycles. The van der Waals surface area contributed by atoms with Crippen molar-refractivity contribution in [3.63, 3.8) is 0 Å². The van der Waals surface area contributed by atoms with Crippen molar-refractivity contribution < 1.29 is 53.9 Å². The van der Waals surface area contributed by atoms with E-state index in [1.54, 1.807) is 0 Å². The molecule has 4 heterocycles. The summed E-state index contributed by atoms with van der Waals surface area (Å²) in [4.78, 5) is 3.56. The number of sulfonamides is 2. The third-order valence-electron chi connectivity index (χ3n) is 8.02. The van der Waals surface area contributed by atoms with Crippen LogP contribution in [0.15, 0.2) is 77.4 Å². The standard InChI is InChI=1S/C26H30N8O10S3/c1-29-11-15-31(16-12-29)46(39,40)23-25(35)43-27-33(23)19-3-7-21(8-4-19)45(37,38)22-9-5-20(6-10-22)34-24(26(36)44-28-34)47(41,42)32-17-13-30(2)14-18-32/h3-10H,11-18H2,1-2H3. The van der Waals surface area contributed by atoms with Gasteiger partial charge in [-0.2, -0.15) is 8.61 Å². The number of hydrogen-bond donors (Lipinski definition) is 0. The van der Waals surface area contributed by atoms with Gasteiger partial charge in [0.05, 0.1) is 20.3 Å². The maximum absolute atomic E-state index is 13.5. The summed E-state index contributed by atoms with van der Waals surface area (Å²) < 4.78 is 93.5. The smallest absolute Gasteiger partial charge is 0.368 e. The van der Waals surface area contributed by atoms with E-state index in [0.717, 1.165) is 9.36 Å². The third-order valence-corrected chi connectivity index (χ3v) is 13.6. The fourth-order valence-electron chi connectivity index (χ4n) is 5.21. The van der Waals surface area contributed by atoms with Crippen molar-refractivity contribution in [3.05, 3.63) is 48.5 Å². The van der Waals surface area contributed by atoms with Gasteiger partial charge in [-0.1, -0.05) is 0 Å². The normalized spacial score (nSPS) is 18.1. The zero-order chi connectivity index (χ0) is 33.7. The minimum atomic E-state index is -4.27. The number of likely N-dealkylation sites (N-methyl/N-ethyl adjacent to an activating group) is 2. The second-order valence-corrected chi connectivity index (χ2v) is 16.7. The first-order valence-corrected chi connectivity index (χ1v) is 18.6. The number of hydrogen-bond acceptors (Lipinski definition) is 14. The Morgan fingerprint density at radius 2 is 0.894 bits per heavy atom. The molecule has 2 saturated heterocycles. The fraction of sp³-hybridized carbons (Fsp3) is 0.385. The molecule has 2 fully saturated rings. The molecule has 0 N–H and O–H groups in total. The van der Waals surface area contributed by atoms with Crippen molar-refractivity contribution in [1.29, 1.82) is 0 Å². The molecular formula is C26H30N8O10S3. The van der Waals surface area contributed by atoms with Crippen molar-refractivity contribution in [2.24, 2.45) is 0 Å². The van der Waals surface area contributed by atoms with Crippen LogP contribution < -0.4 is 19.6 Å². The van der Waals surface area contributed by atoms with Gasteiger partial charge in [-0.3, -0.25) is 0 Å². The monoisotopic (exact) mass is 710 g/mol. The molecule has 0 saturated carbocycles. The first-order valence-electron chi connectivity index (χ1n) is 14.2. The van der Waals surface area contributed by atoms with Crippen LogP contribution in [0.3, 0.4) is 0 Å². The molecule has 2 aliphatic rings. The van der Waals surface area contributed by atoms with Crippen molar-refractivity contribution in [1.82, 2.24) is 29.0 Å². The molecule has 6 rings (SSSR count). The molecule has 252 valence electrons. The summed E-state index contributed by atoms with van der Waals surface area (Å²) in [7, 11) is -8.98. The highest BCUT2D eigenvalue weighted by Gasteiger charge is 2.41. The average Bonchev–Trinajstić information content (AvgIpc) is 3.65. The van der Waals surface area contributed by atoms with Gasteiger partial charge in [0.25, 0.3) is 0 Å². The van der Waals surface area contributed by atoms with Gasteiger partial charge in [0, 0.05) is 76.6 Å². The van der Waals surface area contributed by atoms with Crippen molar-refractivity contribution >= 4 is 29.9 Å². The highest BCUT2D eigenvalue weighted by Crippen LogP contribution is 2.26. The van der Waals surface area contributed by atoms with Gasteiger partial charge >= 0.3 is 30.1 Å². The molecular weight excluding hydrogens is 681 g/mol. The van der Waals surface area contributed by atoms with Gasteiger partial charge in [-0.25, -0.2) is 25.3 Å². The Bertz CT molecular complexity index is 1960. The van der Waals surface area contributed by atoms with Gasteiger partial charge in [-0.05, 0) is 47.7 Å². The van der Waals surface area contributed by atoms with E-state index in [-0.39, 0.29) is 47.3 Å². The van der Waals surface area contributed by atoms with Crippen LogP contribution in [0.1, 0.15) is 0 Å². The molecule has 47 heavy (non-hydrogen) atoms. The predicted molar refractivity (Wildman–Crippen MR) is 153 cm³/mol. The highest BCUT2D eigenvalue weighted by molar-refractivity contribution is 7.91. The lowest BCUT2D eigenvalue weighted by Gasteiger charge is -2.30. The van der Waals surface area contributed by atoms with Gasteiger partial charge in [0.15, 0.2) is 11.9 Å². The Morgan fingerprint density at radius 3 is 1.21 bits per heavy atom. The summed E-state index contributed by atoms with van der Waals surface area (Å²) in [5, 5.41) is 30.7. The number of aromatic nitrogens is 4. The number of nitrogens with zero attached hydrogens (tertiary/aromatic N) is 8. The van der Waals surface area contributed by atoms with Gasteiger partial charge in [0.1, 0.15) is 0 Å². The molecule has 4 aromatic rings.